The summed E-state index contributed by atoms with van der Waals surface area (Å²) in [6, 6.07) is 20.1. The summed E-state index contributed by atoms with van der Waals surface area (Å²) in [6.07, 6.45) is 0. The average Bonchev–Trinajstić information content (AvgIpc) is 2.49. The Labute approximate surface area is 123 Å². The van der Waals surface area contributed by atoms with Gasteiger partial charge in [0.2, 0.25) is 0 Å². The lowest BCUT2D eigenvalue weighted by Crippen LogP contribution is -2.19. The topological polar surface area (TPSA) is 17.3 Å². The van der Waals surface area contributed by atoms with Gasteiger partial charge in [0.1, 0.15) is 5.49 Å². The molecule has 3 rings (SSSR count). The molecule has 3 aromatic rings. The maximum atomic E-state index is 5.90. The molecule has 0 spiro atoms. The highest BCUT2D eigenvalue weighted by molar-refractivity contribution is 6.30. The van der Waals surface area contributed by atoms with E-state index >= 15 is 0 Å². The molecule has 2 nitrogen and oxygen atoms in total. The zero-order chi connectivity index (χ0) is 13.9. The van der Waals surface area contributed by atoms with E-state index in [1.165, 1.54) is 10.9 Å². The SMILES string of the molecule is CCn1c(=Nc2ccc(Cl)cc2)ccc2ccccc21. The van der Waals surface area contributed by atoms with Crippen LogP contribution in [0.4, 0.5) is 5.69 Å². The van der Waals surface area contributed by atoms with Crippen LogP contribution in [0.15, 0.2) is 65.7 Å². The molecule has 0 aliphatic rings. The van der Waals surface area contributed by atoms with Crippen LogP contribution in [0.1, 0.15) is 6.92 Å². The van der Waals surface area contributed by atoms with Crippen molar-refractivity contribution in [2.24, 2.45) is 4.99 Å². The lowest BCUT2D eigenvalue weighted by atomic mass is 10.2. The predicted molar refractivity (Wildman–Crippen MR) is 84.3 cm³/mol. The molecule has 0 atom stereocenters. The van der Waals surface area contributed by atoms with Gasteiger partial charge in [-0.15, -0.1) is 0 Å². The van der Waals surface area contributed by atoms with Gasteiger partial charge in [-0.3, -0.25) is 0 Å². The molecule has 0 unspecified atom stereocenters. The third-order valence-electron chi connectivity index (χ3n) is 3.30. The predicted octanol–water partition coefficient (Wildman–Crippen LogP) is 4.55. The van der Waals surface area contributed by atoms with E-state index in [9.17, 15) is 0 Å². The Morgan fingerprint density at radius 2 is 1.70 bits per heavy atom. The number of fused-ring (bicyclic) bond motifs is 1. The molecule has 0 amide bonds. The lowest BCUT2D eigenvalue weighted by Gasteiger charge is -2.09. The maximum absolute atomic E-state index is 5.90. The van der Waals surface area contributed by atoms with Crippen LogP contribution in [0, 0.1) is 0 Å². The molecule has 20 heavy (non-hydrogen) atoms. The third-order valence-corrected chi connectivity index (χ3v) is 3.55. The van der Waals surface area contributed by atoms with Crippen LogP contribution in [-0.4, -0.2) is 4.57 Å². The van der Waals surface area contributed by atoms with Crippen LogP contribution in [0.2, 0.25) is 5.02 Å². The molecule has 2 aromatic carbocycles. The standard InChI is InChI=1S/C17H15ClN2/c1-2-20-16-6-4-3-5-13(16)7-12-17(20)19-15-10-8-14(18)9-11-15/h3-12H,2H2,1H3. The van der Waals surface area contributed by atoms with Crippen molar-refractivity contribution in [1.29, 1.82) is 0 Å². The zero-order valence-corrected chi connectivity index (χ0v) is 12.0. The number of rotatable bonds is 2. The van der Waals surface area contributed by atoms with E-state index < -0.39 is 0 Å². The van der Waals surface area contributed by atoms with Gasteiger partial charge in [0, 0.05) is 17.1 Å². The van der Waals surface area contributed by atoms with E-state index in [4.69, 9.17) is 16.6 Å². The number of hydrogen-bond donors (Lipinski definition) is 0. The molecule has 0 aliphatic carbocycles. The molecule has 100 valence electrons. The largest absolute Gasteiger partial charge is 0.326 e. The summed E-state index contributed by atoms with van der Waals surface area (Å²) in [7, 11) is 0. The van der Waals surface area contributed by atoms with Crippen molar-refractivity contribution in [2.45, 2.75) is 13.5 Å². The Bertz CT molecular complexity index is 801. The smallest absolute Gasteiger partial charge is 0.133 e. The summed E-state index contributed by atoms with van der Waals surface area (Å²) >= 11 is 5.90. The second-order valence-electron chi connectivity index (χ2n) is 4.58. The van der Waals surface area contributed by atoms with Crippen LogP contribution in [0.25, 0.3) is 10.9 Å². The zero-order valence-electron chi connectivity index (χ0n) is 11.3. The summed E-state index contributed by atoms with van der Waals surface area (Å²) in [4.78, 5) is 4.71. The lowest BCUT2D eigenvalue weighted by molar-refractivity contribution is 0.745. The van der Waals surface area contributed by atoms with Crippen LogP contribution in [-0.2, 0) is 6.54 Å². The Kier molecular flexibility index (Phi) is 3.57. The molecule has 0 aliphatic heterocycles. The van der Waals surface area contributed by atoms with Gasteiger partial charge in [-0.1, -0.05) is 29.8 Å². The van der Waals surface area contributed by atoms with Gasteiger partial charge in [-0.25, -0.2) is 4.99 Å². The van der Waals surface area contributed by atoms with Crippen molar-refractivity contribution in [3.63, 3.8) is 0 Å². The van der Waals surface area contributed by atoms with Gasteiger partial charge in [0.15, 0.2) is 0 Å². The number of hydrogen-bond acceptors (Lipinski definition) is 1. The van der Waals surface area contributed by atoms with Crippen molar-refractivity contribution >= 4 is 28.2 Å². The highest BCUT2D eigenvalue weighted by Gasteiger charge is 1.99. The molecule has 0 saturated carbocycles. The minimum Gasteiger partial charge on any atom is -0.326 e. The third kappa shape index (κ3) is 2.47. The van der Waals surface area contributed by atoms with Crippen molar-refractivity contribution in [2.75, 3.05) is 0 Å². The normalized spacial score (nSPS) is 12.0. The first-order valence-corrected chi connectivity index (χ1v) is 7.04. The van der Waals surface area contributed by atoms with Crippen LogP contribution >= 0.6 is 11.6 Å². The average molecular weight is 283 g/mol. The fourth-order valence-corrected chi connectivity index (χ4v) is 2.46. The van der Waals surface area contributed by atoms with E-state index in [2.05, 4.69) is 47.9 Å². The number of nitrogens with zero attached hydrogens (tertiary/aromatic N) is 2. The quantitative estimate of drug-likeness (QED) is 0.656. The molecule has 0 saturated heterocycles. The minimum absolute atomic E-state index is 0.728. The molecule has 0 radical (unpaired) electrons. The van der Waals surface area contributed by atoms with E-state index in [0.717, 1.165) is 22.7 Å². The molecular weight excluding hydrogens is 268 g/mol. The van der Waals surface area contributed by atoms with Gasteiger partial charge < -0.3 is 4.57 Å². The number of halogens is 1. The van der Waals surface area contributed by atoms with Gasteiger partial charge in [0.05, 0.1) is 5.69 Å². The number of aryl methyl sites for hydroxylation is 1. The first-order valence-electron chi connectivity index (χ1n) is 6.67. The van der Waals surface area contributed by atoms with Crippen LogP contribution in [0.3, 0.4) is 0 Å². The Morgan fingerprint density at radius 1 is 0.950 bits per heavy atom. The second-order valence-corrected chi connectivity index (χ2v) is 5.02. The van der Waals surface area contributed by atoms with Gasteiger partial charge in [-0.05, 0) is 54.8 Å². The number of aromatic nitrogens is 1. The number of para-hydroxylation sites is 1. The fourth-order valence-electron chi connectivity index (χ4n) is 2.33. The second kappa shape index (κ2) is 5.51. The van der Waals surface area contributed by atoms with Crippen molar-refractivity contribution in [1.82, 2.24) is 4.57 Å². The van der Waals surface area contributed by atoms with Crippen molar-refractivity contribution in [3.8, 4) is 0 Å². The summed E-state index contributed by atoms with van der Waals surface area (Å²) < 4.78 is 2.21. The van der Waals surface area contributed by atoms with Gasteiger partial charge in [0.25, 0.3) is 0 Å². The van der Waals surface area contributed by atoms with E-state index in [0.29, 0.717) is 0 Å². The molecule has 0 N–H and O–H groups in total. The fraction of sp³-hybridized carbons (Fsp3) is 0.118. The molecule has 1 aromatic heterocycles. The van der Waals surface area contributed by atoms with Crippen molar-refractivity contribution in [3.05, 3.63) is 71.2 Å². The van der Waals surface area contributed by atoms with E-state index in [1.807, 2.05) is 24.3 Å². The van der Waals surface area contributed by atoms with E-state index in [-0.39, 0.29) is 0 Å². The maximum Gasteiger partial charge on any atom is 0.133 e. The van der Waals surface area contributed by atoms with Crippen LogP contribution in [0.5, 0.6) is 0 Å². The summed E-state index contributed by atoms with van der Waals surface area (Å²) in [6.45, 7) is 3.01. The number of benzene rings is 2. The summed E-state index contributed by atoms with van der Waals surface area (Å²) in [5.74, 6) is 0. The Morgan fingerprint density at radius 3 is 2.45 bits per heavy atom. The molecular formula is C17H15ClN2. The highest BCUT2D eigenvalue weighted by atomic mass is 35.5. The summed E-state index contributed by atoms with van der Waals surface area (Å²) in [5, 5.41) is 1.95. The van der Waals surface area contributed by atoms with Crippen LogP contribution < -0.4 is 5.49 Å². The molecule has 0 fully saturated rings. The van der Waals surface area contributed by atoms with Gasteiger partial charge in [-0.2, -0.15) is 0 Å². The van der Waals surface area contributed by atoms with Gasteiger partial charge >= 0.3 is 0 Å². The highest BCUT2D eigenvalue weighted by Crippen LogP contribution is 2.16. The molecule has 0 bridgehead atoms. The number of pyridine rings is 1. The monoisotopic (exact) mass is 282 g/mol. The minimum atomic E-state index is 0.728. The molecule has 3 heteroatoms. The Hall–Kier alpha value is -2.06. The Balaban J connectivity index is 2.23. The first-order chi connectivity index (χ1) is 9.78. The van der Waals surface area contributed by atoms with Crippen molar-refractivity contribution < 1.29 is 0 Å². The first kappa shape index (κ1) is 12.9. The molecule has 1 heterocycles. The van der Waals surface area contributed by atoms with E-state index in [1.54, 1.807) is 0 Å². The summed E-state index contributed by atoms with van der Waals surface area (Å²) in [5.41, 5.74) is 3.06.